The van der Waals surface area contributed by atoms with Gasteiger partial charge in [0.05, 0.1) is 5.69 Å². The molecule has 0 amide bonds. The molecule has 1 aliphatic rings. The number of anilines is 2. The number of hydrogen-bond acceptors (Lipinski definition) is 4. The van der Waals surface area contributed by atoms with Crippen molar-refractivity contribution in [1.82, 2.24) is 9.88 Å². The summed E-state index contributed by atoms with van der Waals surface area (Å²) in [5.74, 6) is 0.636. The second-order valence-corrected chi connectivity index (χ2v) is 3.70. The van der Waals surface area contributed by atoms with Crippen LogP contribution in [0.25, 0.3) is 0 Å². The summed E-state index contributed by atoms with van der Waals surface area (Å²) in [6, 6.07) is 3.97. The van der Waals surface area contributed by atoms with E-state index in [1.165, 1.54) is 0 Å². The number of nitrogens with two attached hydrogens (primary N) is 1. The number of hydrogen-bond donors (Lipinski definition) is 1. The molecule has 0 spiro atoms. The molecular weight excluding hydrogens is 176 g/mol. The topological polar surface area (TPSA) is 45.4 Å². The van der Waals surface area contributed by atoms with Gasteiger partial charge in [0.25, 0.3) is 0 Å². The fourth-order valence-electron chi connectivity index (χ4n) is 1.72. The number of pyridine rings is 1. The number of piperazine rings is 1. The van der Waals surface area contributed by atoms with E-state index in [0.717, 1.165) is 31.9 Å². The molecule has 0 aliphatic carbocycles. The van der Waals surface area contributed by atoms with Crippen LogP contribution in [0.4, 0.5) is 11.5 Å². The van der Waals surface area contributed by atoms with Gasteiger partial charge < -0.3 is 15.5 Å². The molecule has 1 aromatic heterocycles. The van der Waals surface area contributed by atoms with Crippen molar-refractivity contribution in [1.29, 1.82) is 0 Å². The lowest BCUT2D eigenvalue weighted by Gasteiger charge is -2.34. The van der Waals surface area contributed by atoms with Crippen LogP contribution in [0.1, 0.15) is 0 Å². The normalized spacial score (nSPS) is 18.5. The molecule has 2 heterocycles. The third-order valence-corrected chi connectivity index (χ3v) is 2.66. The highest BCUT2D eigenvalue weighted by Gasteiger charge is 2.15. The molecule has 4 nitrogen and oxygen atoms in total. The van der Waals surface area contributed by atoms with Crippen molar-refractivity contribution in [2.75, 3.05) is 43.9 Å². The molecule has 14 heavy (non-hydrogen) atoms. The zero-order valence-corrected chi connectivity index (χ0v) is 8.48. The Bertz CT molecular complexity index is 305. The Morgan fingerprint density at radius 1 is 1.29 bits per heavy atom. The van der Waals surface area contributed by atoms with Gasteiger partial charge in [-0.2, -0.15) is 0 Å². The van der Waals surface area contributed by atoms with Gasteiger partial charge in [0, 0.05) is 32.4 Å². The smallest absolute Gasteiger partial charge is 0.146 e. The summed E-state index contributed by atoms with van der Waals surface area (Å²) in [5.41, 5.74) is 6.89. The van der Waals surface area contributed by atoms with Crippen molar-refractivity contribution < 1.29 is 0 Å². The van der Waals surface area contributed by atoms with Gasteiger partial charge in [-0.3, -0.25) is 0 Å². The summed E-state index contributed by atoms with van der Waals surface area (Å²) in [7, 11) is 2.14. The first-order valence-corrected chi connectivity index (χ1v) is 4.91. The zero-order valence-electron chi connectivity index (χ0n) is 8.48. The molecule has 2 N–H and O–H groups in total. The summed E-state index contributed by atoms with van der Waals surface area (Å²) in [6.45, 7) is 4.25. The van der Waals surface area contributed by atoms with Crippen LogP contribution in [0.2, 0.25) is 0 Å². The maximum absolute atomic E-state index is 5.82. The van der Waals surface area contributed by atoms with Gasteiger partial charge in [-0.1, -0.05) is 0 Å². The van der Waals surface area contributed by atoms with Crippen LogP contribution in [0.5, 0.6) is 0 Å². The van der Waals surface area contributed by atoms with Crippen molar-refractivity contribution in [2.24, 2.45) is 0 Å². The number of nitrogens with zero attached hydrogens (tertiary/aromatic N) is 3. The molecule has 0 bridgehead atoms. The maximum Gasteiger partial charge on any atom is 0.146 e. The van der Waals surface area contributed by atoms with Gasteiger partial charge in [-0.05, 0) is 19.2 Å². The van der Waals surface area contributed by atoms with Crippen LogP contribution in [0.15, 0.2) is 18.3 Å². The third kappa shape index (κ3) is 1.80. The average Bonchev–Trinajstić information content (AvgIpc) is 2.20. The van der Waals surface area contributed by atoms with Crippen LogP contribution < -0.4 is 10.6 Å². The van der Waals surface area contributed by atoms with E-state index < -0.39 is 0 Å². The first kappa shape index (κ1) is 9.27. The van der Waals surface area contributed by atoms with Crippen LogP contribution in [0.3, 0.4) is 0 Å². The van der Waals surface area contributed by atoms with Gasteiger partial charge in [0.1, 0.15) is 5.82 Å². The Kier molecular flexibility index (Phi) is 2.54. The average molecular weight is 192 g/mol. The monoisotopic (exact) mass is 192 g/mol. The summed E-state index contributed by atoms with van der Waals surface area (Å²) >= 11 is 0. The minimum absolute atomic E-state index is 0.636. The first-order valence-electron chi connectivity index (χ1n) is 4.91. The fourth-order valence-corrected chi connectivity index (χ4v) is 1.72. The van der Waals surface area contributed by atoms with Gasteiger partial charge in [-0.15, -0.1) is 0 Å². The van der Waals surface area contributed by atoms with Crippen molar-refractivity contribution >= 4 is 11.5 Å². The van der Waals surface area contributed by atoms with E-state index in [-0.39, 0.29) is 0 Å². The minimum Gasteiger partial charge on any atom is -0.382 e. The second kappa shape index (κ2) is 3.84. The number of aromatic nitrogens is 1. The molecular formula is C10H16N4. The quantitative estimate of drug-likeness (QED) is 0.700. The molecule has 4 heteroatoms. The third-order valence-electron chi connectivity index (χ3n) is 2.66. The van der Waals surface area contributed by atoms with E-state index in [1.54, 1.807) is 6.20 Å². The lowest BCUT2D eigenvalue weighted by molar-refractivity contribution is 0.313. The molecule has 1 saturated heterocycles. The predicted octanol–water partition coefficient (Wildman–Crippen LogP) is 0.416. The number of rotatable bonds is 1. The van der Waals surface area contributed by atoms with Crippen molar-refractivity contribution in [3.8, 4) is 0 Å². The van der Waals surface area contributed by atoms with Crippen LogP contribution in [-0.2, 0) is 0 Å². The Balaban J connectivity index is 2.12. The predicted molar refractivity (Wildman–Crippen MR) is 58.4 cm³/mol. The Labute approximate surface area is 84.3 Å². The van der Waals surface area contributed by atoms with Crippen LogP contribution in [-0.4, -0.2) is 43.1 Å². The molecule has 1 aromatic rings. The second-order valence-electron chi connectivity index (χ2n) is 3.70. The fraction of sp³-hybridized carbons (Fsp3) is 0.500. The molecule has 0 aromatic carbocycles. The van der Waals surface area contributed by atoms with Gasteiger partial charge in [0.15, 0.2) is 0 Å². The summed E-state index contributed by atoms with van der Waals surface area (Å²) in [4.78, 5) is 8.71. The molecule has 76 valence electrons. The van der Waals surface area contributed by atoms with Crippen molar-refractivity contribution in [3.63, 3.8) is 0 Å². The molecule has 0 unspecified atom stereocenters. The van der Waals surface area contributed by atoms with E-state index in [2.05, 4.69) is 21.8 Å². The SMILES string of the molecule is CN1CCN(c2cccnc2N)CC1. The number of likely N-dealkylation sites (N-methyl/N-ethyl adjacent to an activating group) is 1. The lowest BCUT2D eigenvalue weighted by atomic mass is 10.3. The van der Waals surface area contributed by atoms with Gasteiger partial charge in [0.2, 0.25) is 0 Å². The Morgan fingerprint density at radius 2 is 2.00 bits per heavy atom. The van der Waals surface area contributed by atoms with E-state index in [1.807, 2.05) is 12.1 Å². The molecule has 2 rings (SSSR count). The molecule has 0 radical (unpaired) electrons. The lowest BCUT2D eigenvalue weighted by Crippen LogP contribution is -2.44. The highest BCUT2D eigenvalue weighted by molar-refractivity contribution is 5.63. The standard InChI is InChI=1S/C10H16N4/c1-13-5-7-14(8-6-13)9-3-2-4-12-10(9)11/h2-4H,5-8H2,1H3,(H2,11,12). The van der Waals surface area contributed by atoms with E-state index in [0.29, 0.717) is 5.82 Å². The Morgan fingerprint density at radius 3 is 2.64 bits per heavy atom. The van der Waals surface area contributed by atoms with Gasteiger partial charge in [-0.25, -0.2) is 4.98 Å². The van der Waals surface area contributed by atoms with Crippen molar-refractivity contribution in [2.45, 2.75) is 0 Å². The summed E-state index contributed by atoms with van der Waals surface area (Å²) in [6.07, 6.45) is 1.73. The Hall–Kier alpha value is -1.29. The molecule has 0 atom stereocenters. The number of nitrogen functional groups attached to an aromatic ring is 1. The molecule has 1 aliphatic heterocycles. The highest BCUT2D eigenvalue weighted by atomic mass is 15.3. The minimum atomic E-state index is 0.636. The van der Waals surface area contributed by atoms with Crippen LogP contribution in [0, 0.1) is 0 Å². The molecule has 1 fully saturated rings. The van der Waals surface area contributed by atoms with Crippen LogP contribution >= 0.6 is 0 Å². The van der Waals surface area contributed by atoms with Crippen molar-refractivity contribution in [3.05, 3.63) is 18.3 Å². The van der Waals surface area contributed by atoms with E-state index in [4.69, 9.17) is 5.73 Å². The highest BCUT2D eigenvalue weighted by Crippen LogP contribution is 2.20. The summed E-state index contributed by atoms with van der Waals surface area (Å²) < 4.78 is 0. The van der Waals surface area contributed by atoms with E-state index >= 15 is 0 Å². The first-order chi connectivity index (χ1) is 6.77. The summed E-state index contributed by atoms with van der Waals surface area (Å²) in [5, 5.41) is 0. The zero-order chi connectivity index (χ0) is 9.97. The van der Waals surface area contributed by atoms with E-state index in [9.17, 15) is 0 Å². The maximum atomic E-state index is 5.82. The molecule has 0 saturated carbocycles. The van der Waals surface area contributed by atoms with Gasteiger partial charge >= 0.3 is 0 Å². The largest absolute Gasteiger partial charge is 0.382 e.